The number of ether oxygens (including phenoxy) is 1. The fourth-order valence-electron chi connectivity index (χ4n) is 2.35. The monoisotopic (exact) mass is 367 g/mol. The van der Waals surface area contributed by atoms with Gasteiger partial charge in [-0.1, -0.05) is 0 Å². The Morgan fingerprint density at radius 1 is 0.963 bits per heavy atom. The molecule has 6 nitrogen and oxygen atoms in total. The van der Waals surface area contributed by atoms with Crippen molar-refractivity contribution < 1.29 is 18.7 Å². The third-order valence-electron chi connectivity index (χ3n) is 3.83. The number of hydrazine groups is 1. The van der Waals surface area contributed by atoms with Crippen LogP contribution in [0.5, 0.6) is 5.75 Å². The lowest BCUT2D eigenvalue weighted by Gasteiger charge is -2.15. The minimum Gasteiger partial charge on any atom is -0.481 e. The molecular formula is C20H18FN3O3. The van der Waals surface area contributed by atoms with E-state index in [1.807, 2.05) is 29.1 Å². The van der Waals surface area contributed by atoms with Gasteiger partial charge in [0.15, 0.2) is 6.10 Å². The zero-order chi connectivity index (χ0) is 19.2. The van der Waals surface area contributed by atoms with E-state index in [1.165, 1.54) is 31.2 Å². The first kappa shape index (κ1) is 18.2. The number of aromatic nitrogens is 1. The number of rotatable bonds is 5. The first-order valence-corrected chi connectivity index (χ1v) is 8.29. The minimum absolute atomic E-state index is 0.353. The molecule has 0 fully saturated rings. The number of hydrogen-bond donors (Lipinski definition) is 2. The van der Waals surface area contributed by atoms with Crippen LogP contribution in [0.2, 0.25) is 0 Å². The van der Waals surface area contributed by atoms with Crippen molar-refractivity contribution in [3.63, 3.8) is 0 Å². The van der Waals surface area contributed by atoms with Crippen LogP contribution in [0.3, 0.4) is 0 Å². The van der Waals surface area contributed by atoms with Crippen molar-refractivity contribution in [2.45, 2.75) is 13.0 Å². The van der Waals surface area contributed by atoms with Gasteiger partial charge in [-0.3, -0.25) is 20.4 Å². The van der Waals surface area contributed by atoms with Gasteiger partial charge in [0.1, 0.15) is 11.6 Å². The molecule has 2 N–H and O–H groups in total. The van der Waals surface area contributed by atoms with E-state index >= 15 is 0 Å². The second kappa shape index (κ2) is 8.18. The Balaban J connectivity index is 1.52. The van der Waals surface area contributed by atoms with Gasteiger partial charge in [-0.25, -0.2) is 4.39 Å². The Morgan fingerprint density at radius 3 is 2.22 bits per heavy atom. The van der Waals surface area contributed by atoms with Crippen molar-refractivity contribution in [3.05, 3.63) is 84.4 Å². The molecule has 2 aromatic carbocycles. The number of amides is 2. The average molecular weight is 367 g/mol. The first-order valence-electron chi connectivity index (χ1n) is 8.29. The zero-order valence-corrected chi connectivity index (χ0v) is 14.6. The van der Waals surface area contributed by atoms with Crippen LogP contribution >= 0.6 is 0 Å². The van der Waals surface area contributed by atoms with E-state index in [0.29, 0.717) is 11.3 Å². The lowest BCUT2D eigenvalue weighted by atomic mass is 10.2. The molecule has 3 rings (SSSR count). The van der Waals surface area contributed by atoms with E-state index in [0.717, 1.165) is 5.69 Å². The second-order valence-electron chi connectivity index (χ2n) is 5.79. The predicted octanol–water partition coefficient (Wildman–Crippen LogP) is 2.84. The maximum atomic E-state index is 12.9. The molecule has 0 saturated heterocycles. The summed E-state index contributed by atoms with van der Waals surface area (Å²) in [5.41, 5.74) is 5.97. The van der Waals surface area contributed by atoms with Crippen LogP contribution in [-0.2, 0) is 4.79 Å². The van der Waals surface area contributed by atoms with Crippen molar-refractivity contribution >= 4 is 11.8 Å². The summed E-state index contributed by atoms with van der Waals surface area (Å²) in [6, 6.07) is 16.1. The summed E-state index contributed by atoms with van der Waals surface area (Å²) in [6.45, 7) is 1.52. The van der Waals surface area contributed by atoms with Crippen LogP contribution in [0.25, 0.3) is 5.69 Å². The van der Waals surface area contributed by atoms with Crippen LogP contribution in [-0.4, -0.2) is 22.5 Å². The maximum absolute atomic E-state index is 12.9. The highest BCUT2D eigenvalue weighted by molar-refractivity contribution is 5.95. The lowest BCUT2D eigenvalue weighted by Crippen LogP contribution is -2.47. The van der Waals surface area contributed by atoms with Gasteiger partial charge in [0.2, 0.25) is 0 Å². The highest BCUT2D eigenvalue weighted by Gasteiger charge is 2.16. The zero-order valence-electron chi connectivity index (χ0n) is 14.6. The van der Waals surface area contributed by atoms with E-state index in [1.54, 1.807) is 24.3 Å². The number of carbonyl (C=O) groups is 2. The maximum Gasteiger partial charge on any atom is 0.279 e. The molecule has 0 aliphatic heterocycles. The summed E-state index contributed by atoms with van der Waals surface area (Å²) in [7, 11) is 0. The quantitative estimate of drug-likeness (QED) is 0.681. The van der Waals surface area contributed by atoms with Crippen LogP contribution in [0.1, 0.15) is 17.3 Å². The predicted molar refractivity (Wildman–Crippen MR) is 97.9 cm³/mol. The summed E-state index contributed by atoms with van der Waals surface area (Å²) in [5.74, 6) is -1.02. The summed E-state index contributed by atoms with van der Waals surface area (Å²) in [6.07, 6.45) is 2.93. The number of benzene rings is 2. The number of hydrogen-bond acceptors (Lipinski definition) is 3. The molecule has 1 atom stereocenters. The van der Waals surface area contributed by atoms with E-state index in [-0.39, 0.29) is 0 Å². The van der Waals surface area contributed by atoms with Crippen molar-refractivity contribution in [2.24, 2.45) is 0 Å². The topological polar surface area (TPSA) is 72.4 Å². The molecule has 7 heteroatoms. The summed E-state index contributed by atoms with van der Waals surface area (Å²) in [4.78, 5) is 24.2. The minimum atomic E-state index is -0.869. The Hall–Kier alpha value is -3.61. The molecule has 1 heterocycles. The Morgan fingerprint density at radius 2 is 1.59 bits per heavy atom. The fourth-order valence-corrected chi connectivity index (χ4v) is 2.35. The van der Waals surface area contributed by atoms with Gasteiger partial charge in [-0.2, -0.15) is 0 Å². The molecule has 3 aromatic rings. The summed E-state index contributed by atoms with van der Waals surface area (Å²) < 4.78 is 20.2. The average Bonchev–Trinajstić information content (AvgIpc) is 3.22. The number of carbonyl (C=O) groups excluding carboxylic acids is 2. The van der Waals surface area contributed by atoms with Crippen LogP contribution in [0.15, 0.2) is 73.1 Å². The van der Waals surface area contributed by atoms with Gasteiger partial charge in [0, 0.05) is 23.6 Å². The summed E-state index contributed by atoms with van der Waals surface area (Å²) in [5, 5.41) is 0. The van der Waals surface area contributed by atoms with Crippen LogP contribution in [0.4, 0.5) is 4.39 Å². The van der Waals surface area contributed by atoms with Crippen LogP contribution in [0, 0.1) is 5.82 Å². The molecule has 0 aliphatic rings. The molecule has 0 saturated carbocycles. The van der Waals surface area contributed by atoms with Gasteiger partial charge in [-0.15, -0.1) is 0 Å². The van der Waals surface area contributed by atoms with Gasteiger partial charge in [0.05, 0.1) is 0 Å². The molecule has 0 spiro atoms. The number of nitrogens with zero attached hydrogens (tertiary/aromatic N) is 1. The van der Waals surface area contributed by atoms with Crippen molar-refractivity contribution in [1.82, 2.24) is 15.4 Å². The Bertz CT molecular complexity index is 907. The van der Waals surface area contributed by atoms with Crippen LogP contribution < -0.4 is 15.6 Å². The van der Waals surface area contributed by atoms with E-state index < -0.39 is 23.7 Å². The smallest absolute Gasteiger partial charge is 0.279 e. The number of nitrogens with one attached hydrogen (secondary N) is 2. The molecule has 1 aromatic heterocycles. The van der Waals surface area contributed by atoms with Gasteiger partial charge >= 0.3 is 0 Å². The van der Waals surface area contributed by atoms with Crippen molar-refractivity contribution in [1.29, 1.82) is 0 Å². The standard InChI is InChI=1S/C20H18FN3O3/c1-14(27-18-10-6-16(21)7-11-18)19(25)22-23-20(26)15-4-8-17(9-5-15)24-12-2-3-13-24/h2-14H,1H3,(H,22,25)(H,23,26). The van der Waals surface area contributed by atoms with E-state index in [4.69, 9.17) is 4.74 Å². The lowest BCUT2D eigenvalue weighted by molar-refractivity contribution is -0.128. The molecule has 0 bridgehead atoms. The van der Waals surface area contributed by atoms with Gasteiger partial charge < -0.3 is 9.30 Å². The third kappa shape index (κ3) is 4.72. The largest absolute Gasteiger partial charge is 0.481 e. The molecule has 27 heavy (non-hydrogen) atoms. The first-order chi connectivity index (χ1) is 13.0. The summed E-state index contributed by atoms with van der Waals surface area (Å²) >= 11 is 0. The van der Waals surface area contributed by atoms with Crippen molar-refractivity contribution in [3.8, 4) is 11.4 Å². The molecule has 0 radical (unpaired) electrons. The normalized spacial score (nSPS) is 11.5. The number of halogens is 1. The molecular weight excluding hydrogens is 349 g/mol. The Kier molecular flexibility index (Phi) is 5.51. The molecule has 0 aliphatic carbocycles. The second-order valence-corrected chi connectivity index (χ2v) is 5.79. The van der Waals surface area contributed by atoms with E-state index in [2.05, 4.69) is 10.9 Å². The SMILES string of the molecule is CC(Oc1ccc(F)cc1)C(=O)NNC(=O)c1ccc(-n2cccc2)cc1. The molecule has 138 valence electrons. The van der Waals surface area contributed by atoms with Crippen molar-refractivity contribution in [2.75, 3.05) is 0 Å². The fraction of sp³-hybridized carbons (Fsp3) is 0.100. The highest BCUT2D eigenvalue weighted by Crippen LogP contribution is 2.13. The highest BCUT2D eigenvalue weighted by atomic mass is 19.1. The molecule has 1 unspecified atom stereocenters. The van der Waals surface area contributed by atoms with E-state index in [9.17, 15) is 14.0 Å². The van der Waals surface area contributed by atoms with Gasteiger partial charge in [0.25, 0.3) is 11.8 Å². The Labute approximate surface area is 155 Å². The third-order valence-corrected chi connectivity index (χ3v) is 3.83. The molecule has 2 amide bonds. The van der Waals surface area contributed by atoms with Gasteiger partial charge in [-0.05, 0) is 67.6 Å².